The van der Waals surface area contributed by atoms with Gasteiger partial charge in [-0.2, -0.15) is 0 Å². The average molecular weight is 235 g/mol. The van der Waals surface area contributed by atoms with Crippen molar-refractivity contribution in [2.24, 2.45) is 0 Å². The van der Waals surface area contributed by atoms with Gasteiger partial charge in [0.25, 0.3) is 0 Å². The predicted molar refractivity (Wildman–Crippen MR) is 50.3 cm³/mol. The molecule has 1 aromatic carbocycles. The topological polar surface area (TPSA) is 0 Å². The Morgan fingerprint density at radius 2 is 1.67 bits per heavy atom. The van der Waals surface area contributed by atoms with Gasteiger partial charge in [-0.15, -0.1) is 0 Å². The van der Waals surface area contributed by atoms with Crippen LogP contribution in [0.1, 0.15) is 12.5 Å². The Morgan fingerprint density at radius 3 is 2.25 bits per heavy atom. The van der Waals surface area contributed by atoms with E-state index >= 15 is 0 Å². The number of allylic oxidation sites excluding steroid dienone is 3. The molecule has 0 radical (unpaired) electrons. The third-order valence-electron chi connectivity index (χ3n) is 1.39. The molecule has 0 spiro atoms. The summed E-state index contributed by atoms with van der Waals surface area (Å²) in [5, 5.41) is 0. The van der Waals surface area contributed by atoms with Crippen molar-refractivity contribution < 1.29 is 26.2 Å². The number of hydrogen-bond donors (Lipinski definition) is 0. The summed E-state index contributed by atoms with van der Waals surface area (Å²) in [4.78, 5) is 0. The van der Waals surface area contributed by atoms with E-state index in [1.54, 1.807) is 0 Å². The van der Waals surface area contributed by atoms with Crippen molar-refractivity contribution in [1.82, 2.24) is 0 Å². The van der Waals surface area contributed by atoms with Crippen LogP contribution in [0.3, 0.4) is 0 Å². The Kier molecular flexibility index (Phi) is 6.99. The minimum absolute atomic E-state index is 0. The Hall–Kier alpha value is -0.417. The molecule has 0 aliphatic heterocycles. The van der Waals surface area contributed by atoms with Crippen LogP contribution in [-0.4, -0.2) is 0 Å². The second-order valence-corrected chi connectivity index (χ2v) is 2.30. The van der Waals surface area contributed by atoms with Crippen LogP contribution in [0.25, 0.3) is 6.08 Å². The van der Waals surface area contributed by atoms with Crippen molar-refractivity contribution in [1.29, 1.82) is 0 Å². The van der Waals surface area contributed by atoms with Crippen LogP contribution in [0.5, 0.6) is 0 Å². The van der Waals surface area contributed by atoms with Gasteiger partial charge in [-0.05, 0) is 12.5 Å². The first-order chi connectivity index (χ1) is 5.43. The minimum Gasteiger partial charge on any atom is -0.0877 e. The summed E-state index contributed by atoms with van der Waals surface area (Å²) in [5.74, 6) is 0. The molecule has 0 bridgehead atoms. The first kappa shape index (κ1) is 11.6. The van der Waals surface area contributed by atoms with Crippen LogP contribution in [-0.2, 0) is 26.2 Å². The molecule has 0 heterocycles. The smallest absolute Gasteiger partial charge is 0 e. The Balaban J connectivity index is 0.00000121. The molecule has 0 unspecified atom stereocenters. The maximum absolute atomic E-state index is 2.08. The maximum atomic E-state index is 2.08. The molecule has 0 fully saturated rings. The fourth-order valence-corrected chi connectivity index (χ4v) is 0.842. The summed E-state index contributed by atoms with van der Waals surface area (Å²) in [7, 11) is 0. The average Bonchev–Trinajstić information content (AvgIpc) is 2.07. The van der Waals surface area contributed by atoms with Gasteiger partial charge in [0.1, 0.15) is 0 Å². The molecule has 1 heteroatoms. The van der Waals surface area contributed by atoms with Crippen LogP contribution < -0.4 is 0 Å². The fourth-order valence-electron chi connectivity index (χ4n) is 0.842. The quantitative estimate of drug-likeness (QED) is 0.690. The standard InChI is InChI=1S/C11H12.Zr/c1-2-3-5-8-11-9-6-4-7-10-11;/h2-10H,1H3;. The molecule has 0 aliphatic carbocycles. The van der Waals surface area contributed by atoms with Gasteiger partial charge in [0, 0.05) is 26.2 Å². The van der Waals surface area contributed by atoms with Crippen LogP contribution in [0.2, 0.25) is 0 Å². The monoisotopic (exact) mass is 234 g/mol. The number of rotatable bonds is 2. The summed E-state index contributed by atoms with van der Waals surface area (Å²) in [5.41, 5.74) is 1.24. The van der Waals surface area contributed by atoms with Crippen molar-refractivity contribution in [3.63, 3.8) is 0 Å². The van der Waals surface area contributed by atoms with Crippen LogP contribution in [0.15, 0.2) is 48.6 Å². The summed E-state index contributed by atoms with van der Waals surface area (Å²) in [6.07, 6.45) is 8.15. The van der Waals surface area contributed by atoms with E-state index in [0.29, 0.717) is 0 Å². The molecule has 1 aromatic rings. The number of hydrogen-bond acceptors (Lipinski definition) is 0. The van der Waals surface area contributed by atoms with Gasteiger partial charge in [-0.1, -0.05) is 54.6 Å². The van der Waals surface area contributed by atoms with Gasteiger partial charge in [0.05, 0.1) is 0 Å². The van der Waals surface area contributed by atoms with Crippen LogP contribution in [0.4, 0.5) is 0 Å². The molecule has 0 N–H and O–H groups in total. The molecule has 1 rings (SSSR count). The largest absolute Gasteiger partial charge is 0.0877 e. The van der Waals surface area contributed by atoms with Crippen LogP contribution >= 0.6 is 0 Å². The predicted octanol–water partition coefficient (Wildman–Crippen LogP) is 3.27. The zero-order valence-corrected chi connectivity index (χ0v) is 9.65. The second-order valence-electron chi connectivity index (χ2n) is 2.30. The van der Waals surface area contributed by atoms with E-state index < -0.39 is 0 Å². The van der Waals surface area contributed by atoms with Crippen LogP contribution in [0, 0.1) is 0 Å². The Morgan fingerprint density at radius 1 is 1.00 bits per heavy atom. The van der Waals surface area contributed by atoms with E-state index in [1.807, 2.05) is 43.4 Å². The van der Waals surface area contributed by atoms with Gasteiger partial charge < -0.3 is 0 Å². The van der Waals surface area contributed by atoms with Gasteiger partial charge in [0.15, 0.2) is 0 Å². The molecule has 0 saturated heterocycles. The molecule has 60 valence electrons. The molecule has 0 amide bonds. The van der Waals surface area contributed by atoms with E-state index in [0.717, 1.165) is 0 Å². The van der Waals surface area contributed by atoms with E-state index in [-0.39, 0.29) is 26.2 Å². The molecular formula is C11H12Zr. The summed E-state index contributed by atoms with van der Waals surface area (Å²) in [6, 6.07) is 10.3. The normalized spacial score (nSPS) is 10.4. The van der Waals surface area contributed by atoms with Crippen molar-refractivity contribution in [2.45, 2.75) is 6.92 Å². The second kappa shape index (κ2) is 7.24. The molecule has 0 atom stereocenters. The maximum Gasteiger partial charge on any atom is 0 e. The fraction of sp³-hybridized carbons (Fsp3) is 0.0909. The minimum atomic E-state index is 0. The Bertz CT molecular complexity index is 247. The van der Waals surface area contributed by atoms with E-state index in [1.165, 1.54) is 5.56 Å². The van der Waals surface area contributed by atoms with Crippen molar-refractivity contribution in [2.75, 3.05) is 0 Å². The first-order valence-corrected chi connectivity index (χ1v) is 3.78. The first-order valence-electron chi connectivity index (χ1n) is 3.78. The molecule has 0 saturated carbocycles. The summed E-state index contributed by atoms with van der Waals surface area (Å²) in [6.45, 7) is 2.01. The molecular weight excluding hydrogens is 223 g/mol. The summed E-state index contributed by atoms with van der Waals surface area (Å²) >= 11 is 0. The van der Waals surface area contributed by atoms with E-state index in [2.05, 4.69) is 18.2 Å². The molecule has 0 aromatic heterocycles. The van der Waals surface area contributed by atoms with Gasteiger partial charge in [-0.3, -0.25) is 0 Å². The van der Waals surface area contributed by atoms with E-state index in [9.17, 15) is 0 Å². The molecule has 0 nitrogen and oxygen atoms in total. The van der Waals surface area contributed by atoms with Gasteiger partial charge in [0.2, 0.25) is 0 Å². The van der Waals surface area contributed by atoms with Gasteiger partial charge >= 0.3 is 0 Å². The van der Waals surface area contributed by atoms with Crippen molar-refractivity contribution in [3.8, 4) is 0 Å². The third kappa shape index (κ3) is 4.46. The van der Waals surface area contributed by atoms with Crippen molar-refractivity contribution in [3.05, 3.63) is 54.1 Å². The zero-order valence-electron chi connectivity index (χ0n) is 7.20. The van der Waals surface area contributed by atoms with Crippen molar-refractivity contribution >= 4 is 6.08 Å². The zero-order chi connectivity index (χ0) is 7.94. The molecule has 0 aliphatic rings. The Labute approximate surface area is 93.1 Å². The molecule has 12 heavy (non-hydrogen) atoms. The van der Waals surface area contributed by atoms with E-state index in [4.69, 9.17) is 0 Å². The summed E-state index contributed by atoms with van der Waals surface area (Å²) < 4.78 is 0. The SMILES string of the molecule is CC=CC=Cc1ccccc1.[Zr]. The third-order valence-corrected chi connectivity index (χ3v) is 1.39. The van der Waals surface area contributed by atoms with Gasteiger partial charge in [-0.25, -0.2) is 0 Å². The number of benzene rings is 1.